The van der Waals surface area contributed by atoms with Gasteiger partial charge in [-0.3, -0.25) is 4.79 Å². The monoisotopic (exact) mass is 256 g/mol. The fourth-order valence-electron chi connectivity index (χ4n) is 2.17. The van der Waals surface area contributed by atoms with E-state index in [1.807, 2.05) is 0 Å². The largest absolute Gasteiger partial charge is 0.298 e. The van der Waals surface area contributed by atoms with Gasteiger partial charge in [-0.05, 0) is 44.4 Å². The topological polar surface area (TPSA) is 51.2 Å². The molecule has 92 valence electrons. The van der Waals surface area contributed by atoms with Crippen molar-refractivity contribution >= 4 is 15.6 Å². The van der Waals surface area contributed by atoms with Crippen molar-refractivity contribution in [3.8, 4) is 0 Å². The fourth-order valence-corrected chi connectivity index (χ4v) is 4.35. The molecular weight excluding hydrogens is 243 g/mol. The minimum Gasteiger partial charge on any atom is -0.298 e. The first-order valence-corrected chi connectivity index (χ1v) is 6.90. The molecule has 0 spiro atoms. The zero-order valence-electron chi connectivity index (χ0n) is 9.44. The summed E-state index contributed by atoms with van der Waals surface area (Å²) >= 11 is 0. The van der Waals surface area contributed by atoms with Crippen LogP contribution < -0.4 is 0 Å². The van der Waals surface area contributed by atoms with Gasteiger partial charge in [0.2, 0.25) is 0 Å². The maximum Gasteiger partial charge on any atom is 0.191 e. The number of Topliss-reactive ketones (excluding diaryl/α,β-unsaturated/α-hetero) is 1. The SMILES string of the molecule is CC(=O)C1(S(=O)(=O)c2cccc(F)c2)CCC1. The molecule has 1 fully saturated rings. The van der Waals surface area contributed by atoms with Gasteiger partial charge in [-0.2, -0.15) is 0 Å². The minimum absolute atomic E-state index is 0.104. The van der Waals surface area contributed by atoms with E-state index in [1.165, 1.54) is 25.1 Å². The van der Waals surface area contributed by atoms with Crippen LogP contribution in [0.1, 0.15) is 26.2 Å². The van der Waals surface area contributed by atoms with Gasteiger partial charge in [0, 0.05) is 0 Å². The molecule has 0 aromatic heterocycles. The molecule has 17 heavy (non-hydrogen) atoms. The van der Waals surface area contributed by atoms with E-state index in [4.69, 9.17) is 0 Å². The first-order chi connectivity index (χ1) is 7.90. The van der Waals surface area contributed by atoms with Gasteiger partial charge in [0.25, 0.3) is 0 Å². The fraction of sp³-hybridized carbons (Fsp3) is 0.417. The maximum atomic E-state index is 13.1. The maximum absolute atomic E-state index is 13.1. The molecule has 0 unspecified atom stereocenters. The van der Waals surface area contributed by atoms with E-state index in [0.717, 1.165) is 6.07 Å². The Hall–Kier alpha value is -1.23. The van der Waals surface area contributed by atoms with Crippen LogP contribution in [0.25, 0.3) is 0 Å². The van der Waals surface area contributed by atoms with E-state index in [0.29, 0.717) is 19.3 Å². The second-order valence-electron chi connectivity index (χ2n) is 4.36. The van der Waals surface area contributed by atoms with Gasteiger partial charge >= 0.3 is 0 Å². The molecule has 1 aliphatic rings. The number of carbonyl (C=O) groups excluding carboxylic acids is 1. The predicted octanol–water partition coefficient (Wildman–Crippen LogP) is 2.11. The van der Waals surface area contributed by atoms with Crippen molar-refractivity contribution in [3.63, 3.8) is 0 Å². The lowest BCUT2D eigenvalue weighted by Gasteiger charge is -2.38. The number of rotatable bonds is 3. The summed E-state index contributed by atoms with van der Waals surface area (Å²) in [5.41, 5.74) is 0. The lowest BCUT2D eigenvalue weighted by atomic mass is 9.81. The Labute approximate surface area is 99.6 Å². The van der Waals surface area contributed by atoms with Crippen LogP contribution in [0.15, 0.2) is 29.2 Å². The first-order valence-electron chi connectivity index (χ1n) is 5.41. The van der Waals surface area contributed by atoms with Crippen molar-refractivity contribution in [1.29, 1.82) is 0 Å². The van der Waals surface area contributed by atoms with Crippen molar-refractivity contribution in [2.75, 3.05) is 0 Å². The second-order valence-corrected chi connectivity index (χ2v) is 6.62. The number of hydrogen-bond donors (Lipinski definition) is 0. The zero-order chi connectivity index (χ0) is 12.7. The molecule has 5 heteroatoms. The number of carbonyl (C=O) groups is 1. The molecule has 2 rings (SSSR count). The van der Waals surface area contributed by atoms with Crippen LogP contribution in [0.4, 0.5) is 4.39 Å². The summed E-state index contributed by atoms with van der Waals surface area (Å²) in [6.45, 7) is 1.29. The van der Waals surface area contributed by atoms with E-state index < -0.39 is 20.4 Å². The van der Waals surface area contributed by atoms with Gasteiger partial charge in [0.1, 0.15) is 10.6 Å². The van der Waals surface area contributed by atoms with Gasteiger partial charge in [-0.25, -0.2) is 12.8 Å². The minimum atomic E-state index is -3.78. The van der Waals surface area contributed by atoms with Crippen molar-refractivity contribution in [2.24, 2.45) is 0 Å². The molecule has 1 aromatic carbocycles. The molecule has 3 nitrogen and oxygen atoms in total. The van der Waals surface area contributed by atoms with Crippen molar-refractivity contribution < 1.29 is 17.6 Å². The smallest absolute Gasteiger partial charge is 0.191 e. The molecule has 0 saturated heterocycles. The summed E-state index contributed by atoms with van der Waals surface area (Å²) in [5.74, 6) is -0.961. The lowest BCUT2D eigenvalue weighted by molar-refractivity contribution is -0.121. The molecule has 1 aromatic rings. The highest BCUT2D eigenvalue weighted by Gasteiger charge is 2.53. The molecule has 1 aliphatic carbocycles. The molecule has 1 saturated carbocycles. The summed E-state index contributed by atoms with van der Waals surface area (Å²) in [4.78, 5) is 11.5. The molecule has 0 N–H and O–H groups in total. The van der Waals surface area contributed by atoms with Crippen LogP contribution in [-0.4, -0.2) is 18.9 Å². The third-order valence-electron chi connectivity index (χ3n) is 3.42. The number of halogens is 1. The second kappa shape index (κ2) is 3.91. The summed E-state index contributed by atoms with van der Waals surface area (Å²) in [7, 11) is -3.78. The Morgan fingerprint density at radius 3 is 2.41 bits per heavy atom. The molecule has 0 heterocycles. The molecule has 0 atom stereocenters. The molecule has 0 bridgehead atoms. The van der Waals surface area contributed by atoms with Crippen molar-refractivity contribution in [3.05, 3.63) is 30.1 Å². The van der Waals surface area contributed by atoms with Gasteiger partial charge in [0.05, 0.1) is 4.90 Å². The summed E-state index contributed by atoms with van der Waals surface area (Å²) < 4.78 is 36.4. The standard InChI is InChI=1S/C12H13FO3S/c1-9(14)12(6-3-7-12)17(15,16)11-5-2-4-10(13)8-11/h2,4-5,8H,3,6-7H2,1H3. The van der Waals surface area contributed by atoms with E-state index in [2.05, 4.69) is 0 Å². The average Bonchev–Trinajstić information content (AvgIpc) is 2.14. The van der Waals surface area contributed by atoms with Crippen molar-refractivity contribution in [1.82, 2.24) is 0 Å². The van der Waals surface area contributed by atoms with E-state index in [1.54, 1.807) is 0 Å². The Balaban J connectivity index is 2.54. The Morgan fingerprint density at radius 1 is 1.35 bits per heavy atom. The van der Waals surface area contributed by atoms with E-state index in [-0.39, 0.29) is 10.7 Å². The molecule has 0 radical (unpaired) electrons. The highest BCUT2D eigenvalue weighted by molar-refractivity contribution is 7.93. The van der Waals surface area contributed by atoms with Gasteiger partial charge in [0.15, 0.2) is 15.6 Å². The molecule has 0 amide bonds. The van der Waals surface area contributed by atoms with Gasteiger partial charge < -0.3 is 0 Å². The quantitative estimate of drug-likeness (QED) is 0.832. The highest BCUT2D eigenvalue weighted by atomic mass is 32.2. The van der Waals surface area contributed by atoms with Gasteiger partial charge in [-0.15, -0.1) is 0 Å². The lowest BCUT2D eigenvalue weighted by Crippen LogP contribution is -2.50. The molecular formula is C12H13FO3S. The van der Waals surface area contributed by atoms with Crippen LogP contribution in [0.5, 0.6) is 0 Å². The predicted molar refractivity (Wildman–Crippen MR) is 60.8 cm³/mol. The zero-order valence-corrected chi connectivity index (χ0v) is 10.3. The number of ketones is 1. The highest BCUT2D eigenvalue weighted by Crippen LogP contribution is 2.43. The van der Waals surface area contributed by atoms with Crippen LogP contribution in [0, 0.1) is 5.82 Å². The van der Waals surface area contributed by atoms with Crippen LogP contribution in [0.3, 0.4) is 0 Å². The van der Waals surface area contributed by atoms with E-state index >= 15 is 0 Å². The van der Waals surface area contributed by atoms with Crippen LogP contribution in [0.2, 0.25) is 0 Å². The summed E-state index contributed by atoms with van der Waals surface area (Å²) in [5, 5.41) is 0. The van der Waals surface area contributed by atoms with Crippen LogP contribution >= 0.6 is 0 Å². The first kappa shape index (κ1) is 12.2. The van der Waals surface area contributed by atoms with E-state index in [9.17, 15) is 17.6 Å². The molecule has 0 aliphatic heterocycles. The Morgan fingerprint density at radius 2 is 2.00 bits per heavy atom. The van der Waals surface area contributed by atoms with Crippen LogP contribution in [-0.2, 0) is 14.6 Å². The third kappa shape index (κ3) is 1.69. The van der Waals surface area contributed by atoms with Gasteiger partial charge in [-0.1, -0.05) is 6.07 Å². The number of hydrogen-bond acceptors (Lipinski definition) is 3. The summed E-state index contributed by atoms with van der Waals surface area (Å²) in [6, 6.07) is 4.83. The Bertz CT molecular complexity index is 559. The van der Waals surface area contributed by atoms with Crippen molar-refractivity contribution in [2.45, 2.75) is 35.8 Å². The normalized spacial score (nSPS) is 18.5. The Kier molecular flexibility index (Phi) is 2.81. The average molecular weight is 256 g/mol. The summed E-state index contributed by atoms with van der Waals surface area (Å²) in [6.07, 6.45) is 1.39. The number of sulfone groups is 1. The third-order valence-corrected chi connectivity index (χ3v) is 6.02. The number of benzene rings is 1.